The third kappa shape index (κ3) is 6.14. The lowest BCUT2D eigenvalue weighted by molar-refractivity contribution is -0.141. The summed E-state index contributed by atoms with van der Waals surface area (Å²) in [7, 11) is 0. The molecule has 1 unspecified atom stereocenters. The highest BCUT2D eigenvalue weighted by Gasteiger charge is 2.22. The van der Waals surface area contributed by atoms with E-state index in [4.69, 9.17) is 0 Å². The molecule has 1 atom stereocenters. The highest BCUT2D eigenvalue weighted by atomic mass is 16.4. The molecule has 0 aliphatic carbocycles. The van der Waals surface area contributed by atoms with Crippen molar-refractivity contribution in [3.63, 3.8) is 0 Å². The monoisotopic (exact) mass is 429 g/mol. The maximum absolute atomic E-state index is 12.7. The third-order valence-electron chi connectivity index (χ3n) is 5.32. The minimum absolute atomic E-state index is 0.0347. The number of carbonyl (C=O) groups excluding carboxylic acids is 2. The molecular formula is C27H27NO4. The smallest absolute Gasteiger partial charge is 0.307 e. The van der Waals surface area contributed by atoms with Crippen LogP contribution >= 0.6 is 0 Å². The van der Waals surface area contributed by atoms with E-state index in [1.165, 1.54) is 0 Å². The Labute approximate surface area is 188 Å². The van der Waals surface area contributed by atoms with Gasteiger partial charge in [0, 0.05) is 23.6 Å². The molecule has 2 N–H and O–H groups in total. The minimum Gasteiger partial charge on any atom is -0.481 e. The molecule has 164 valence electrons. The van der Waals surface area contributed by atoms with E-state index < -0.39 is 11.9 Å². The van der Waals surface area contributed by atoms with E-state index >= 15 is 0 Å². The lowest BCUT2D eigenvalue weighted by Gasteiger charge is -2.12. The molecule has 5 nitrogen and oxygen atoms in total. The van der Waals surface area contributed by atoms with Crippen LogP contribution in [0.1, 0.15) is 36.2 Å². The van der Waals surface area contributed by atoms with Crippen LogP contribution in [0.3, 0.4) is 0 Å². The number of carboxylic acid groups (broad SMARTS) is 1. The summed E-state index contributed by atoms with van der Waals surface area (Å²) < 4.78 is 0. The van der Waals surface area contributed by atoms with Gasteiger partial charge in [0.2, 0.25) is 5.91 Å². The Bertz CT molecular complexity index is 1070. The van der Waals surface area contributed by atoms with Gasteiger partial charge in [-0.25, -0.2) is 0 Å². The summed E-state index contributed by atoms with van der Waals surface area (Å²) in [4.78, 5) is 36.2. The number of Topliss-reactive ketones (excluding diaryl/α,β-unsaturated/α-hetero) is 1. The first-order chi connectivity index (χ1) is 15.3. The topological polar surface area (TPSA) is 83.5 Å². The molecule has 3 aromatic rings. The standard InChI is InChI=1S/C27H27NO4/c1-18(2)26(30)28-24-14-12-21(13-15-24)20-8-10-22(11-9-20)25(29)17-23(27(31)32)16-19-6-4-3-5-7-19/h3-15,18,23H,16-17H2,1-2H3,(H,28,30)(H,31,32). The van der Waals surface area contributed by atoms with Gasteiger partial charge in [0.05, 0.1) is 5.92 Å². The zero-order valence-electron chi connectivity index (χ0n) is 18.2. The summed E-state index contributed by atoms with van der Waals surface area (Å²) in [5.41, 5.74) is 4.02. The molecule has 0 heterocycles. The average molecular weight is 430 g/mol. The van der Waals surface area contributed by atoms with Gasteiger partial charge < -0.3 is 10.4 Å². The van der Waals surface area contributed by atoms with Crippen molar-refractivity contribution >= 4 is 23.3 Å². The van der Waals surface area contributed by atoms with Crippen molar-refractivity contribution in [1.82, 2.24) is 0 Å². The summed E-state index contributed by atoms with van der Waals surface area (Å²) in [6.07, 6.45) is 0.271. The fourth-order valence-electron chi connectivity index (χ4n) is 3.37. The minimum atomic E-state index is -0.969. The van der Waals surface area contributed by atoms with Crippen LogP contribution in [0.5, 0.6) is 0 Å². The first-order valence-electron chi connectivity index (χ1n) is 10.6. The number of hydrogen-bond donors (Lipinski definition) is 2. The molecule has 0 saturated carbocycles. The number of nitrogens with one attached hydrogen (secondary N) is 1. The molecule has 0 bridgehead atoms. The first kappa shape index (κ1) is 22.9. The van der Waals surface area contributed by atoms with Gasteiger partial charge in [-0.15, -0.1) is 0 Å². The SMILES string of the molecule is CC(C)C(=O)Nc1ccc(-c2ccc(C(=O)CC(Cc3ccccc3)C(=O)O)cc2)cc1. The zero-order valence-corrected chi connectivity index (χ0v) is 18.2. The molecule has 0 radical (unpaired) electrons. The Morgan fingerprint density at radius 3 is 1.91 bits per heavy atom. The number of carboxylic acids is 1. The lowest BCUT2D eigenvalue weighted by atomic mass is 9.91. The molecule has 0 saturated heterocycles. The number of amides is 1. The van der Waals surface area contributed by atoms with Crippen LogP contribution in [0, 0.1) is 11.8 Å². The van der Waals surface area contributed by atoms with E-state index in [0.717, 1.165) is 22.4 Å². The zero-order chi connectivity index (χ0) is 23.1. The van der Waals surface area contributed by atoms with Gasteiger partial charge in [0.15, 0.2) is 5.78 Å². The largest absolute Gasteiger partial charge is 0.481 e. The van der Waals surface area contributed by atoms with Crippen molar-refractivity contribution in [1.29, 1.82) is 0 Å². The highest BCUT2D eigenvalue weighted by Crippen LogP contribution is 2.23. The fraction of sp³-hybridized carbons (Fsp3) is 0.222. The molecule has 5 heteroatoms. The molecule has 0 aliphatic heterocycles. The number of hydrogen-bond acceptors (Lipinski definition) is 3. The molecule has 32 heavy (non-hydrogen) atoms. The van der Waals surface area contributed by atoms with Crippen molar-refractivity contribution < 1.29 is 19.5 Å². The molecule has 0 aromatic heterocycles. The Morgan fingerprint density at radius 1 is 0.812 bits per heavy atom. The predicted molar refractivity (Wildman–Crippen MR) is 126 cm³/mol. The average Bonchev–Trinajstić information content (AvgIpc) is 2.79. The van der Waals surface area contributed by atoms with Gasteiger partial charge in [-0.1, -0.05) is 80.6 Å². The number of ketones is 1. The summed E-state index contributed by atoms with van der Waals surface area (Å²) >= 11 is 0. The van der Waals surface area contributed by atoms with Crippen molar-refractivity contribution in [3.8, 4) is 11.1 Å². The van der Waals surface area contributed by atoms with Crippen molar-refractivity contribution in [3.05, 3.63) is 90.0 Å². The molecule has 1 amide bonds. The first-order valence-corrected chi connectivity index (χ1v) is 10.6. The Balaban J connectivity index is 1.66. The van der Waals surface area contributed by atoms with Crippen LogP contribution < -0.4 is 5.32 Å². The summed E-state index contributed by atoms with van der Waals surface area (Å²) in [5, 5.41) is 12.4. The maximum Gasteiger partial charge on any atom is 0.307 e. The quantitative estimate of drug-likeness (QED) is 0.442. The fourth-order valence-corrected chi connectivity index (χ4v) is 3.37. The van der Waals surface area contributed by atoms with Crippen molar-refractivity contribution in [2.24, 2.45) is 11.8 Å². The van der Waals surface area contributed by atoms with E-state index in [0.29, 0.717) is 12.0 Å². The molecule has 0 aliphatic rings. The number of benzene rings is 3. The maximum atomic E-state index is 12.7. The van der Waals surface area contributed by atoms with Crippen LogP contribution in [0.2, 0.25) is 0 Å². The second-order valence-corrected chi connectivity index (χ2v) is 8.15. The van der Waals surface area contributed by atoms with Crippen LogP contribution in [-0.4, -0.2) is 22.8 Å². The van der Waals surface area contributed by atoms with Crippen molar-refractivity contribution in [2.75, 3.05) is 5.32 Å². The van der Waals surface area contributed by atoms with Gasteiger partial charge in [0.25, 0.3) is 0 Å². The second-order valence-electron chi connectivity index (χ2n) is 8.15. The normalized spacial score (nSPS) is 11.7. The van der Waals surface area contributed by atoms with Gasteiger partial charge in [-0.05, 0) is 35.2 Å². The van der Waals surface area contributed by atoms with Gasteiger partial charge >= 0.3 is 5.97 Å². The second kappa shape index (κ2) is 10.5. The lowest BCUT2D eigenvalue weighted by Crippen LogP contribution is -2.20. The summed E-state index contributed by atoms with van der Waals surface area (Å²) in [6, 6.07) is 24.0. The van der Waals surface area contributed by atoms with Gasteiger partial charge in [-0.3, -0.25) is 14.4 Å². The Morgan fingerprint density at radius 2 is 1.38 bits per heavy atom. The van der Waals surface area contributed by atoms with Crippen LogP contribution in [0.4, 0.5) is 5.69 Å². The molecule has 3 aromatic carbocycles. The van der Waals surface area contributed by atoms with Crippen LogP contribution in [0.25, 0.3) is 11.1 Å². The van der Waals surface area contributed by atoms with E-state index in [-0.39, 0.29) is 24.0 Å². The Hall–Kier alpha value is -3.73. The van der Waals surface area contributed by atoms with Gasteiger partial charge in [0.1, 0.15) is 0 Å². The Kier molecular flexibility index (Phi) is 7.55. The third-order valence-corrected chi connectivity index (χ3v) is 5.32. The predicted octanol–water partition coefficient (Wildman–Crippen LogP) is 5.46. The van der Waals surface area contributed by atoms with E-state index in [1.54, 1.807) is 12.1 Å². The summed E-state index contributed by atoms with van der Waals surface area (Å²) in [5.74, 6) is -2.05. The van der Waals surface area contributed by atoms with E-state index in [1.807, 2.05) is 80.6 Å². The number of carbonyl (C=O) groups is 3. The molecule has 3 rings (SSSR count). The van der Waals surface area contributed by atoms with Crippen LogP contribution in [-0.2, 0) is 16.0 Å². The van der Waals surface area contributed by atoms with E-state index in [2.05, 4.69) is 5.32 Å². The number of aliphatic carboxylic acids is 1. The number of anilines is 1. The summed E-state index contributed by atoms with van der Waals surface area (Å²) in [6.45, 7) is 3.68. The molecular weight excluding hydrogens is 402 g/mol. The molecule has 0 spiro atoms. The van der Waals surface area contributed by atoms with E-state index in [9.17, 15) is 19.5 Å². The number of rotatable bonds is 9. The highest BCUT2D eigenvalue weighted by molar-refractivity contribution is 5.98. The molecule has 0 fully saturated rings. The van der Waals surface area contributed by atoms with Crippen LogP contribution in [0.15, 0.2) is 78.9 Å². The van der Waals surface area contributed by atoms with Gasteiger partial charge in [-0.2, -0.15) is 0 Å². The van der Waals surface area contributed by atoms with Crippen molar-refractivity contribution in [2.45, 2.75) is 26.7 Å².